The second-order valence-corrected chi connectivity index (χ2v) is 6.71. The summed E-state index contributed by atoms with van der Waals surface area (Å²) in [7, 11) is 0. The van der Waals surface area contributed by atoms with Crippen molar-refractivity contribution in [2.45, 2.75) is 18.8 Å². The van der Waals surface area contributed by atoms with Gasteiger partial charge in [0.15, 0.2) is 0 Å². The lowest BCUT2D eigenvalue weighted by Gasteiger charge is -2.33. The van der Waals surface area contributed by atoms with Gasteiger partial charge in [-0.15, -0.1) is 0 Å². The first kappa shape index (κ1) is 14.0. The Labute approximate surface area is 132 Å². The number of likely N-dealkylation sites (tertiary alicyclic amines) is 1. The van der Waals surface area contributed by atoms with E-state index in [2.05, 4.69) is 53.4 Å². The highest BCUT2D eigenvalue weighted by molar-refractivity contribution is 5.78. The van der Waals surface area contributed by atoms with Crippen molar-refractivity contribution in [1.29, 1.82) is 0 Å². The number of hydrogen-bond acceptors (Lipinski definition) is 2. The summed E-state index contributed by atoms with van der Waals surface area (Å²) in [6.45, 7) is 4.39. The molecular formula is C20H24N2. The fourth-order valence-electron chi connectivity index (χ4n) is 4.12. The molecule has 2 aliphatic rings. The topological polar surface area (TPSA) is 29.3 Å². The zero-order valence-electron chi connectivity index (χ0n) is 13.0. The molecule has 22 heavy (non-hydrogen) atoms. The first-order valence-electron chi connectivity index (χ1n) is 8.47. The third-order valence-corrected chi connectivity index (χ3v) is 5.44. The van der Waals surface area contributed by atoms with E-state index in [1.165, 1.54) is 48.2 Å². The van der Waals surface area contributed by atoms with Crippen LogP contribution < -0.4 is 5.73 Å². The van der Waals surface area contributed by atoms with Crippen LogP contribution in [0.3, 0.4) is 0 Å². The van der Waals surface area contributed by atoms with Gasteiger partial charge < -0.3 is 10.6 Å². The molecule has 2 aromatic rings. The lowest BCUT2D eigenvalue weighted by atomic mass is 9.93. The minimum atomic E-state index is 0.529. The Morgan fingerprint density at radius 1 is 0.864 bits per heavy atom. The largest absolute Gasteiger partial charge is 0.330 e. The molecule has 114 valence electrons. The predicted octanol–water partition coefficient (Wildman–Crippen LogP) is 3.47. The van der Waals surface area contributed by atoms with Crippen LogP contribution >= 0.6 is 0 Å². The molecule has 2 N–H and O–H groups in total. The Morgan fingerprint density at radius 3 is 1.95 bits per heavy atom. The zero-order valence-corrected chi connectivity index (χ0v) is 13.0. The summed E-state index contributed by atoms with van der Waals surface area (Å²) in [6, 6.07) is 17.8. The van der Waals surface area contributed by atoms with Crippen LogP contribution in [0.2, 0.25) is 0 Å². The monoisotopic (exact) mass is 292 g/mol. The fraction of sp³-hybridized carbons (Fsp3) is 0.400. The van der Waals surface area contributed by atoms with E-state index in [0.717, 1.165) is 19.0 Å². The number of benzene rings is 2. The number of nitrogens with two attached hydrogens (primary N) is 1. The first-order valence-corrected chi connectivity index (χ1v) is 8.47. The molecule has 2 nitrogen and oxygen atoms in total. The van der Waals surface area contributed by atoms with Crippen LogP contribution in [0.15, 0.2) is 48.5 Å². The zero-order chi connectivity index (χ0) is 14.9. The van der Waals surface area contributed by atoms with Crippen molar-refractivity contribution >= 4 is 0 Å². The highest BCUT2D eigenvalue weighted by Crippen LogP contribution is 2.44. The number of hydrogen-bond donors (Lipinski definition) is 1. The summed E-state index contributed by atoms with van der Waals surface area (Å²) in [4.78, 5) is 2.63. The molecule has 0 saturated carbocycles. The summed E-state index contributed by atoms with van der Waals surface area (Å²) in [5.74, 6) is 1.27. The van der Waals surface area contributed by atoms with E-state index in [9.17, 15) is 0 Å². The van der Waals surface area contributed by atoms with Gasteiger partial charge in [0.1, 0.15) is 0 Å². The van der Waals surface area contributed by atoms with Crippen LogP contribution in [0.4, 0.5) is 0 Å². The minimum Gasteiger partial charge on any atom is -0.330 e. The van der Waals surface area contributed by atoms with E-state index in [0.29, 0.717) is 5.92 Å². The maximum absolute atomic E-state index is 5.82. The van der Waals surface area contributed by atoms with Crippen LogP contribution in [0.5, 0.6) is 0 Å². The van der Waals surface area contributed by atoms with Gasteiger partial charge in [0.2, 0.25) is 0 Å². The van der Waals surface area contributed by atoms with Gasteiger partial charge in [0, 0.05) is 12.5 Å². The molecule has 4 rings (SSSR count). The molecule has 2 aromatic carbocycles. The third-order valence-electron chi connectivity index (χ3n) is 5.44. The highest BCUT2D eigenvalue weighted by atomic mass is 15.1. The Kier molecular flexibility index (Phi) is 3.73. The van der Waals surface area contributed by atoms with E-state index in [1.54, 1.807) is 0 Å². The number of nitrogens with zero attached hydrogens (tertiary/aromatic N) is 1. The molecule has 1 aliphatic carbocycles. The van der Waals surface area contributed by atoms with Crippen LogP contribution in [-0.4, -0.2) is 31.1 Å². The van der Waals surface area contributed by atoms with E-state index in [4.69, 9.17) is 5.73 Å². The van der Waals surface area contributed by atoms with Crippen LogP contribution in [0.1, 0.15) is 29.9 Å². The average molecular weight is 292 g/mol. The minimum absolute atomic E-state index is 0.529. The second kappa shape index (κ2) is 5.86. The van der Waals surface area contributed by atoms with E-state index < -0.39 is 0 Å². The fourth-order valence-corrected chi connectivity index (χ4v) is 4.12. The van der Waals surface area contributed by atoms with Gasteiger partial charge in [-0.1, -0.05) is 48.5 Å². The van der Waals surface area contributed by atoms with Crippen LogP contribution in [0.25, 0.3) is 11.1 Å². The van der Waals surface area contributed by atoms with Crippen molar-refractivity contribution in [3.63, 3.8) is 0 Å². The van der Waals surface area contributed by atoms with E-state index >= 15 is 0 Å². The van der Waals surface area contributed by atoms with Crippen molar-refractivity contribution in [3.05, 3.63) is 59.7 Å². The lowest BCUT2D eigenvalue weighted by Crippen LogP contribution is -2.38. The lowest BCUT2D eigenvalue weighted by molar-refractivity contribution is 0.183. The van der Waals surface area contributed by atoms with Crippen molar-refractivity contribution in [2.75, 3.05) is 26.2 Å². The Morgan fingerprint density at radius 2 is 1.41 bits per heavy atom. The molecule has 0 amide bonds. The van der Waals surface area contributed by atoms with Gasteiger partial charge in [-0.2, -0.15) is 0 Å². The molecule has 0 atom stereocenters. The van der Waals surface area contributed by atoms with Crippen molar-refractivity contribution in [2.24, 2.45) is 11.7 Å². The average Bonchev–Trinajstić information content (AvgIpc) is 2.90. The van der Waals surface area contributed by atoms with Gasteiger partial charge in [0.05, 0.1) is 0 Å². The van der Waals surface area contributed by atoms with E-state index in [-0.39, 0.29) is 0 Å². The molecule has 1 saturated heterocycles. The maximum atomic E-state index is 5.82. The van der Waals surface area contributed by atoms with Gasteiger partial charge in [0.25, 0.3) is 0 Å². The van der Waals surface area contributed by atoms with Crippen LogP contribution in [-0.2, 0) is 0 Å². The quantitative estimate of drug-likeness (QED) is 0.938. The summed E-state index contributed by atoms with van der Waals surface area (Å²) in [5.41, 5.74) is 11.7. The van der Waals surface area contributed by atoms with Crippen molar-refractivity contribution < 1.29 is 0 Å². The molecular weight excluding hydrogens is 268 g/mol. The summed E-state index contributed by atoms with van der Waals surface area (Å²) >= 11 is 0. The van der Waals surface area contributed by atoms with Gasteiger partial charge in [-0.25, -0.2) is 0 Å². The Hall–Kier alpha value is -1.64. The number of piperidine rings is 1. The maximum Gasteiger partial charge on any atom is 0.0229 e. The molecule has 0 aromatic heterocycles. The molecule has 1 fully saturated rings. The van der Waals surface area contributed by atoms with Gasteiger partial charge in [-0.3, -0.25) is 0 Å². The molecule has 1 aliphatic heterocycles. The highest BCUT2D eigenvalue weighted by Gasteiger charge is 2.30. The molecule has 0 bridgehead atoms. The van der Waals surface area contributed by atoms with Crippen molar-refractivity contribution in [1.82, 2.24) is 4.90 Å². The van der Waals surface area contributed by atoms with Gasteiger partial charge >= 0.3 is 0 Å². The molecule has 2 heteroatoms. The SMILES string of the molecule is NCC1CCN(CC2c3ccccc3-c3ccccc32)CC1. The summed E-state index contributed by atoms with van der Waals surface area (Å²) in [5, 5.41) is 0. The standard InChI is InChI=1S/C20H24N2/c21-13-15-9-11-22(12-10-15)14-20-18-7-3-1-5-16(18)17-6-2-4-8-19(17)20/h1-8,15,20H,9-14,21H2. The number of fused-ring (bicyclic) bond motifs is 3. The van der Waals surface area contributed by atoms with Crippen molar-refractivity contribution in [3.8, 4) is 11.1 Å². The second-order valence-electron chi connectivity index (χ2n) is 6.71. The summed E-state index contributed by atoms with van der Waals surface area (Å²) in [6.07, 6.45) is 2.51. The Bertz CT molecular complexity index is 611. The molecule has 0 unspecified atom stereocenters. The van der Waals surface area contributed by atoms with Gasteiger partial charge in [-0.05, 0) is 60.6 Å². The first-order chi connectivity index (χ1) is 10.9. The predicted molar refractivity (Wildman–Crippen MR) is 91.9 cm³/mol. The number of rotatable bonds is 3. The molecule has 1 heterocycles. The third kappa shape index (κ3) is 2.37. The van der Waals surface area contributed by atoms with Crippen LogP contribution in [0, 0.1) is 5.92 Å². The summed E-state index contributed by atoms with van der Waals surface area (Å²) < 4.78 is 0. The molecule has 0 spiro atoms. The van der Waals surface area contributed by atoms with E-state index in [1.807, 2.05) is 0 Å². The molecule has 0 radical (unpaired) electrons. The normalized spacial score (nSPS) is 19.1. The Balaban J connectivity index is 1.59. The smallest absolute Gasteiger partial charge is 0.0229 e.